The molecule has 1 aliphatic heterocycles. The van der Waals surface area contributed by atoms with E-state index >= 15 is 0 Å². The molecule has 0 fully saturated rings. The summed E-state index contributed by atoms with van der Waals surface area (Å²) >= 11 is 6.84. The fraction of sp³-hybridized carbons (Fsp3) is 0.381. The Morgan fingerprint density at radius 3 is 2.55 bits per heavy atom. The van der Waals surface area contributed by atoms with Crippen molar-refractivity contribution in [3.8, 4) is 23.0 Å². The molecule has 3 rings (SSSR count). The number of benzene rings is 2. The van der Waals surface area contributed by atoms with E-state index in [9.17, 15) is 15.0 Å². The summed E-state index contributed by atoms with van der Waals surface area (Å²) in [6.07, 6.45) is -0.298. The molecule has 2 N–H and O–H groups in total. The number of aliphatic hydroxyl groups excluding tert-OH is 1. The van der Waals surface area contributed by atoms with E-state index in [0.29, 0.717) is 26.5 Å². The molecule has 0 spiro atoms. The lowest BCUT2D eigenvalue weighted by molar-refractivity contribution is 0.0453. The number of aromatic hydroxyl groups is 1. The molecule has 1 heterocycles. The number of carbonyl (C=O) groups is 1. The molecule has 0 bridgehead atoms. The minimum absolute atomic E-state index is 0.0747. The maximum atomic E-state index is 12.8. The van der Waals surface area contributed by atoms with Crippen molar-refractivity contribution < 1.29 is 29.2 Å². The lowest BCUT2D eigenvalue weighted by Gasteiger charge is -2.24. The van der Waals surface area contributed by atoms with Crippen LogP contribution in [-0.4, -0.2) is 23.3 Å². The van der Waals surface area contributed by atoms with E-state index in [4.69, 9.17) is 14.2 Å². The number of hydrogen-bond donors (Lipinski definition) is 2. The molecule has 2 aromatic rings. The number of aliphatic hydroxyl groups is 1. The van der Waals surface area contributed by atoms with Crippen molar-refractivity contribution in [3.05, 3.63) is 43.3 Å². The van der Waals surface area contributed by atoms with E-state index in [-0.39, 0.29) is 41.1 Å². The lowest BCUT2D eigenvalue weighted by atomic mass is 9.96. The third-order valence-corrected chi connectivity index (χ3v) is 6.84. The summed E-state index contributed by atoms with van der Waals surface area (Å²) in [5, 5.41) is 21.2. The van der Waals surface area contributed by atoms with Gasteiger partial charge in [-0.2, -0.15) is 0 Å². The van der Waals surface area contributed by atoms with E-state index in [1.54, 1.807) is 12.1 Å². The predicted molar refractivity (Wildman–Crippen MR) is 115 cm³/mol. The van der Waals surface area contributed by atoms with Crippen molar-refractivity contribution in [2.45, 2.75) is 39.9 Å². The first-order valence-corrected chi connectivity index (χ1v) is 10.7. The Labute approximate surface area is 186 Å². The number of methoxy groups -OCH3 is 1. The van der Waals surface area contributed by atoms with Gasteiger partial charge >= 0.3 is 5.97 Å². The average Bonchev–Trinajstić information content (AvgIpc) is 2.67. The van der Waals surface area contributed by atoms with Crippen LogP contribution in [0.4, 0.5) is 0 Å². The van der Waals surface area contributed by atoms with Gasteiger partial charge in [-0.05, 0) is 68.8 Å². The number of halogens is 2. The number of cyclic esters (lactones) is 1. The summed E-state index contributed by atoms with van der Waals surface area (Å²) in [5.74, 6) is 0.0861. The smallest absolute Gasteiger partial charge is 0.346 e. The molecule has 0 saturated carbocycles. The van der Waals surface area contributed by atoms with Crippen molar-refractivity contribution >= 4 is 37.8 Å². The number of fused-ring (bicyclic) bond motifs is 2. The van der Waals surface area contributed by atoms with Crippen LogP contribution in [0.3, 0.4) is 0 Å². The first-order valence-electron chi connectivity index (χ1n) is 9.10. The van der Waals surface area contributed by atoms with Gasteiger partial charge in [0, 0.05) is 10.0 Å². The second kappa shape index (κ2) is 8.53. The lowest BCUT2D eigenvalue weighted by Crippen LogP contribution is -2.15. The van der Waals surface area contributed by atoms with Gasteiger partial charge in [-0.15, -0.1) is 0 Å². The van der Waals surface area contributed by atoms with E-state index in [2.05, 4.69) is 31.9 Å². The molecule has 1 aliphatic rings. The van der Waals surface area contributed by atoms with Gasteiger partial charge in [-0.3, -0.25) is 0 Å². The van der Waals surface area contributed by atoms with Gasteiger partial charge in [0.15, 0.2) is 11.5 Å². The van der Waals surface area contributed by atoms with Crippen LogP contribution in [0, 0.1) is 12.8 Å². The van der Waals surface area contributed by atoms with E-state index in [1.807, 2.05) is 20.8 Å². The number of rotatable bonds is 4. The molecular formula is C21H22Br2O6. The highest BCUT2D eigenvalue weighted by Crippen LogP contribution is 2.49. The summed E-state index contributed by atoms with van der Waals surface area (Å²) in [7, 11) is 1.43. The Balaban J connectivity index is 2.19. The van der Waals surface area contributed by atoms with Gasteiger partial charge in [0.2, 0.25) is 0 Å². The summed E-state index contributed by atoms with van der Waals surface area (Å²) in [6, 6.07) is 3.24. The van der Waals surface area contributed by atoms with Crippen LogP contribution < -0.4 is 9.47 Å². The molecule has 156 valence electrons. The first-order chi connectivity index (χ1) is 13.7. The summed E-state index contributed by atoms with van der Waals surface area (Å²) < 4.78 is 18.1. The SMILES string of the molecule is COc1c([C@@H](O)CC(C)C)ccc2c1C(=O)OCc1c(Br)c(C)c(Br)c(O)c1O2. The fourth-order valence-corrected chi connectivity index (χ4v) is 4.45. The minimum Gasteiger partial charge on any atom is -0.503 e. The van der Waals surface area contributed by atoms with Crippen LogP contribution >= 0.6 is 31.9 Å². The topological polar surface area (TPSA) is 85.2 Å². The molecule has 0 unspecified atom stereocenters. The van der Waals surface area contributed by atoms with Crippen molar-refractivity contribution in [2.75, 3.05) is 7.11 Å². The molecular weight excluding hydrogens is 508 g/mol. The van der Waals surface area contributed by atoms with Crippen molar-refractivity contribution in [1.82, 2.24) is 0 Å². The maximum Gasteiger partial charge on any atom is 0.346 e. The fourth-order valence-electron chi connectivity index (χ4n) is 3.32. The Bertz CT molecular complexity index is 971. The van der Waals surface area contributed by atoms with Gasteiger partial charge in [0.25, 0.3) is 0 Å². The Hall–Kier alpha value is -1.77. The second-order valence-electron chi connectivity index (χ2n) is 7.29. The molecule has 0 saturated heterocycles. The molecule has 0 radical (unpaired) electrons. The van der Waals surface area contributed by atoms with E-state index < -0.39 is 12.1 Å². The minimum atomic E-state index is -0.805. The number of phenolic OH excluding ortho intramolecular Hbond substituents is 1. The zero-order valence-corrected chi connectivity index (χ0v) is 19.7. The number of hydrogen-bond acceptors (Lipinski definition) is 6. The third kappa shape index (κ3) is 3.98. The van der Waals surface area contributed by atoms with Gasteiger partial charge in [0.1, 0.15) is 23.7 Å². The Morgan fingerprint density at radius 2 is 1.93 bits per heavy atom. The average molecular weight is 530 g/mol. The third-order valence-electron chi connectivity index (χ3n) is 4.79. The second-order valence-corrected chi connectivity index (χ2v) is 8.88. The molecule has 0 aliphatic carbocycles. The van der Waals surface area contributed by atoms with Crippen molar-refractivity contribution in [3.63, 3.8) is 0 Å². The van der Waals surface area contributed by atoms with Crippen LogP contribution in [0.5, 0.6) is 23.0 Å². The van der Waals surface area contributed by atoms with Gasteiger partial charge < -0.3 is 24.4 Å². The largest absolute Gasteiger partial charge is 0.503 e. The number of phenols is 1. The standard InChI is InChI=1S/C21H22Br2O6/c1-9(2)7-13(24)11-5-6-14-15(19(11)27-4)21(26)28-8-12-16(22)10(3)17(23)18(25)20(12)29-14/h5-6,9,13,24-25H,7-8H2,1-4H3/t13-/m0/s1. The molecule has 6 nitrogen and oxygen atoms in total. The van der Waals surface area contributed by atoms with Crippen LogP contribution in [-0.2, 0) is 11.3 Å². The quantitative estimate of drug-likeness (QED) is 0.488. The zero-order valence-electron chi connectivity index (χ0n) is 16.5. The highest BCUT2D eigenvalue weighted by molar-refractivity contribution is 9.11. The maximum absolute atomic E-state index is 12.8. The molecule has 8 heteroatoms. The molecule has 0 aromatic heterocycles. The first kappa shape index (κ1) is 21.9. The summed E-state index contributed by atoms with van der Waals surface area (Å²) in [4.78, 5) is 12.8. The normalized spacial score (nSPS) is 14.3. The predicted octanol–water partition coefficient (Wildman–Crippen LogP) is 5.78. The van der Waals surface area contributed by atoms with Crippen LogP contribution in [0.25, 0.3) is 0 Å². The molecule has 29 heavy (non-hydrogen) atoms. The van der Waals surface area contributed by atoms with Crippen LogP contribution in [0.2, 0.25) is 0 Å². The molecule has 2 aromatic carbocycles. The van der Waals surface area contributed by atoms with Gasteiger partial charge in [-0.1, -0.05) is 13.8 Å². The van der Waals surface area contributed by atoms with E-state index in [0.717, 1.165) is 5.56 Å². The van der Waals surface area contributed by atoms with Crippen LogP contribution in [0.1, 0.15) is 53.4 Å². The number of ether oxygens (including phenoxy) is 3. The Morgan fingerprint density at radius 1 is 1.24 bits per heavy atom. The number of esters is 1. The highest BCUT2D eigenvalue weighted by Gasteiger charge is 2.31. The van der Waals surface area contributed by atoms with Gasteiger partial charge in [0.05, 0.1) is 23.2 Å². The van der Waals surface area contributed by atoms with Gasteiger partial charge in [-0.25, -0.2) is 4.79 Å². The van der Waals surface area contributed by atoms with Crippen LogP contribution in [0.15, 0.2) is 21.1 Å². The monoisotopic (exact) mass is 528 g/mol. The molecule has 1 atom stereocenters. The zero-order chi connectivity index (χ0) is 21.5. The van der Waals surface area contributed by atoms with Crippen molar-refractivity contribution in [2.24, 2.45) is 5.92 Å². The van der Waals surface area contributed by atoms with Crippen molar-refractivity contribution in [1.29, 1.82) is 0 Å². The molecule has 0 amide bonds. The highest BCUT2D eigenvalue weighted by atomic mass is 79.9. The number of carbonyl (C=O) groups excluding carboxylic acids is 1. The summed E-state index contributed by atoms with van der Waals surface area (Å²) in [6.45, 7) is 5.71. The van der Waals surface area contributed by atoms with E-state index in [1.165, 1.54) is 7.11 Å². The summed E-state index contributed by atoms with van der Waals surface area (Å²) in [5.41, 5.74) is 1.83. The Kier molecular flexibility index (Phi) is 6.45.